The molecule has 1 fully saturated rings. The predicted molar refractivity (Wildman–Crippen MR) is 81.9 cm³/mol. The maximum atomic E-state index is 11.0. The van der Waals surface area contributed by atoms with Crippen molar-refractivity contribution in [2.45, 2.75) is 52.1 Å². The topological polar surface area (TPSA) is 20.2 Å². The Bertz CT molecular complexity index is 450. The van der Waals surface area contributed by atoms with Crippen molar-refractivity contribution < 1.29 is 5.11 Å². The molecule has 1 aromatic carbocycles. The summed E-state index contributed by atoms with van der Waals surface area (Å²) in [6.45, 7) is 6.67. The minimum absolute atomic E-state index is 0.253. The van der Waals surface area contributed by atoms with Crippen molar-refractivity contribution in [3.05, 3.63) is 33.8 Å². The molecule has 2 unspecified atom stereocenters. The maximum Gasteiger partial charge on any atom is 0.0714 e. The van der Waals surface area contributed by atoms with Gasteiger partial charge >= 0.3 is 0 Å². The fraction of sp³-hybridized carbons (Fsp3) is 0.625. The number of hydrogen-bond acceptors (Lipinski definition) is 1. The lowest BCUT2D eigenvalue weighted by molar-refractivity contribution is -0.0703. The summed E-state index contributed by atoms with van der Waals surface area (Å²) in [5.74, 6) is 0.253. The summed E-state index contributed by atoms with van der Waals surface area (Å²) >= 11 is 12.4. The summed E-state index contributed by atoms with van der Waals surface area (Å²) in [6.07, 6.45) is 3.42. The molecule has 0 aliphatic heterocycles. The molecule has 1 aromatic rings. The molecule has 0 aromatic heterocycles. The molecular weight excluding hydrogens is 279 g/mol. The monoisotopic (exact) mass is 300 g/mol. The van der Waals surface area contributed by atoms with Crippen LogP contribution in [0.4, 0.5) is 0 Å². The third-order valence-electron chi connectivity index (χ3n) is 4.56. The largest absolute Gasteiger partial charge is 0.389 e. The van der Waals surface area contributed by atoms with Gasteiger partial charge in [-0.2, -0.15) is 0 Å². The van der Waals surface area contributed by atoms with Crippen LogP contribution in [0.3, 0.4) is 0 Å². The number of rotatable bonds is 2. The Morgan fingerprint density at radius 2 is 1.79 bits per heavy atom. The van der Waals surface area contributed by atoms with Crippen LogP contribution in [0.2, 0.25) is 10.0 Å². The predicted octanol–water partition coefficient (Wildman–Crippen LogP) is 5.11. The van der Waals surface area contributed by atoms with Crippen molar-refractivity contribution in [2.24, 2.45) is 11.3 Å². The molecule has 1 aliphatic rings. The van der Waals surface area contributed by atoms with Gasteiger partial charge in [0.2, 0.25) is 0 Å². The molecule has 0 spiro atoms. The summed E-state index contributed by atoms with van der Waals surface area (Å²) in [5.41, 5.74) is 0.500. The second-order valence-electron chi connectivity index (χ2n) is 6.75. The molecule has 0 bridgehead atoms. The van der Waals surface area contributed by atoms with E-state index in [1.54, 1.807) is 0 Å². The quantitative estimate of drug-likeness (QED) is 0.804. The van der Waals surface area contributed by atoms with Gasteiger partial charge in [0.05, 0.1) is 5.60 Å². The molecule has 3 heteroatoms. The lowest BCUT2D eigenvalue weighted by Gasteiger charge is -2.45. The zero-order valence-electron chi connectivity index (χ0n) is 11.8. The van der Waals surface area contributed by atoms with E-state index in [0.29, 0.717) is 21.9 Å². The number of benzene rings is 1. The van der Waals surface area contributed by atoms with Gasteiger partial charge in [0, 0.05) is 16.5 Å². The van der Waals surface area contributed by atoms with Gasteiger partial charge in [0.25, 0.3) is 0 Å². The molecule has 0 heterocycles. The first-order valence-corrected chi connectivity index (χ1v) is 7.64. The fourth-order valence-electron chi connectivity index (χ4n) is 3.19. The molecule has 1 aliphatic carbocycles. The number of halogens is 2. The van der Waals surface area contributed by atoms with E-state index in [2.05, 4.69) is 20.8 Å². The van der Waals surface area contributed by atoms with Crippen LogP contribution >= 0.6 is 23.2 Å². The molecule has 2 atom stereocenters. The highest BCUT2D eigenvalue weighted by atomic mass is 35.5. The summed E-state index contributed by atoms with van der Waals surface area (Å²) in [4.78, 5) is 0. The first-order chi connectivity index (χ1) is 8.73. The fourth-order valence-corrected chi connectivity index (χ4v) is 3.72. The first-order valence-electron chi connectivity index (χ1n) is 6.89. The van der Waals surface area contributed by atoms with E-state index < -0.39 is 5.60 Å². The Balaban J connectivity index is 2.23. The molecule has 1 nitrogen and oxygen atoms in total. The number of aliphatic hydroxyl groups is 1. The Morgan fingerprint density at radius 3 is 2.32 bits per heavy atom. The summed E-state index contributed by atoms with van der Waals surface area (Å²) in [6, 6.07) is 5.51. The molecule has 1 saturated carbocycles. The third kappa shape index (κ3) is 3.26. The van der Waals surface area contributed by atoms with Gasteiger partial charge in [0.1, 0.15) is 0 Å². The van der Waals surface area contributed by atoms with Gasteiger partial charge in [-0.1, -0.05) is 50.0 Å². The average molecular weight is 301 g/mol. The van der Waals surface area contributed by atoms with E-state index in [1.807, 2.05) is 18.2 Å². The van der Waals surface area contributed by atoms with E-state index >= 15 is 0 Å². The zero-order chi connectivity index (χ0) is 14.3. The smallest absolute Gasteiger partial charge is 0.0714 e. The zero-order valence-corrected chi connectivity index (χ0v) is 13.4. The van der Waals surface area contributed by atoms with Crippen LogP contribution in [-0.2, 0) is 6.42 Å². The Labute approximate surface area is 125 Å². The second-order valence-corrected chi connectivity index (χ2v) is 7.56. The van der Waals surface area contributed by atoms with Crippen LogP contribution in [0.5, 0.6) is 0 Å². The van der Waals surface area contributed by atoms with E-state index in [4.69, 9.17) is 23.2 Å². The van der Waals surface area contributed by atoms with Crippen molar-refractivity contribution >= 4 is 23.2 Å². The standard InChI is InChI=1S/C16H22Cl2O/c1-11-9-15(2,3)7-8-16(11,19)10-12-13(17)5-4-6-14(12)18/h4-6,11,19H,7-10H2,1-3H3. The van der Waals surface area contributed by atoms with Crippen molar-refractivity contribution in [1.29, 1.82) is 0 Å². The normalized spacial score (nSPS) is 30.3. The van der Waals surface area contributed by atoms with E-state index in [0.717, 1.165) is 24.8 Å². The molecule has 106 valence electrons. The molecule has 0 amide bonds. The van der Waals surface area contributed by atoms with Gasteiger partial charge in [0.15, 0.2) is 0 Å². The van der Waals surface area contributed by atoms with Crippen LogP contribution in [0.25, 0.3) is 0 Å². The van der Waals surface area contributed by atoms with Crippen molar-refractivity contribution in [1.82, 2.24) is 0 Å². The van der Waals surface area contributed by atoms with Crippen LogP contribution in [0.1, 0.15) is 45.6 Å². The summed E-state index contributed by atoms with van der Waals surface area (Å²) in [5, 5.41) is 12.3. The van der Waals surface area contributed by atoms with Crippen molar-refractivity contribution in [3.63, 3.8) is 0 Å². The first kappa shape index (κ1) is 15.2. The van der Waals surface area contributed by atoms with Gasteiger partial charge in [-0.05, 0) is 48.3 Å². The molecule has 1 N–H and O–H groups in total. The van der Waals surface area contributed by atoms with Gasteiger partial charge in [-0.15, -0.1) is 0 Å². The minimum atomic E-state index is -0.690. The second kappa shape index (κ2) is 5.27. The van der Waals surface area contributed by atoms with Crippen molar-refractivity contribution in [3.8, 4) is 0 Å². The van der Waals surface area contributed by atoms with Gasteiger partial charge in [-0.3, -0.25) is 0 Å². The highest BCUT2D eigenvalue weighted by molar-refractivity contribution is 6.36. The SMILES string of the molecule is CC1CC(C)(C)CCC1(O)Cc1c(Cl)cccc1Cl. The number of hydrogen-bond donors (Lipinski definition) is 1. The van der Waals surface area contributed by atoms with E-state index in [1.165, 1.54) is 0 Å². The van der Waals surface area contributed by atoms with Crippen LogP contribution in [-0.4, -0.2) is 10.7 Å². The Hall–Kier alpha value is -0.240. The highest BCUT2D eigenvalue weighted by Crippen LogP contribution is 2.46. The molecule has 2 rings (SSSR count). The Kier molecular flexibility index (Phi) is 4.21. The third-order valence-corrected chi connectivity index (χ3v) is 5.26. The summed E-state index contributed by atoms with van der Waals surface area (Å²) in [7, 11) is 0. The molecule has 0 saturated heterocycles. The van der Waals surface area contributed by atoms with E-state index in [-0.39, 0.29) is 5.92 Å². The lowest BCUT2D eigenvalue weighted by Crippen LogP contribution is -2.45. The van der Waals surface area contributed by atoms with Gasteiger partial charge < -0.3 is 5.11 Å². The maximum absolute atomic E-state index is 11.0. The Morgan fingerprint density at radius 1 is 1.21 bits per heavy atom. The summed E-state index contributed by atoms with van der Waals surface area (Å²) < 4.78 is 0. The van der Waals surface area contributed by atoms with Gasteiger partial charge in [-0.25, -0.2) is 0 Å². The van der Waals surface area contributed by atoms with Crippen LogP contribution < -0.4 is 0 Å². The average Bonchev–Trinajstić information content (AvgIpc) is 2.30. The molecule has 19 heavy (non-hydrogen) atoms. The van der Waals surface area contributed by atoms with Crippen molar-refractivity contribution in [2.75, 3.05) is 0 Å². The lowest BCUT2D eigenvalue weighted by atomic mass is 9.64. The van der Waals surface area contributed by atoms with Crippen LogP contribution in [0.15, 0.2) is 18.2 Å². The van der Waals surface area contributed by atoms with E-state index in [9.17, 15) is 5.11 Å². The van der Waals surface area contributed by atoms with Crippen LogP contribution in [0, 0.1) is 11.3 Å². The molecule has 0 radical (unpaired) electrons. The minimum Gasteiger partial charge on any atom is -0.389 e. The highest BCUT2D eigenvalue weighted by Gasteiger charge is 2.42. The molecular formula is C16H22Cl2O.